The lowest BCUT2D eigenvalue weighted by Crippen LogP contribution is -2.52. The van der Waals surface area contributed by atoms with Crippen molar-refractivity contribution in [3.8, 4) is 11.6 Å². The number of piperidine rings is 1. The van der Waals surface area contributed by atoms with Gasteiger partial charge in [0.05, 0.1) is 5.92 Å². The Bertz CT molecular complexity index is 1200. The number of piperazine rings is 1. The molecule has 1 amide bonds. The van der Waals surface area contributed by atoms with Gasteiger partial charge in [-0.2, -0.15) is 0 Å². The van der Waals surface area contributed by atoms with Gasteiger partial charge in [0.1, 0.15) is 5.75 Å². The molecule has 7 heteroatoms. The summed E-state index contributed by atoms with van der Waals surface area (Å²) in [6.45, 7) is 11.1. The average Bonchev–Trinajstić information content (AvgIpc) is 2.91. The van der Waals surface area contributed by atoms with Crippen LogP contribution in [0.3, 0.4) is 0 Å². The van der Waals surface area contributed by atoms with Gasteiger partial charge in [-0.25, -0.2) is 9.97 Å². The summed E-state index contributed by atoms with van der Waals surface area (Å²) in [5.74, 6) is 2.13. The molecule has 0 aliphatic carbocycles. The van der Waals surface area contributed by atoms with Gasteiger partial charge < -0.3 is 19.4 Å². The van der Waals surface area contributed by atoms with Gasteiger partial charge in [0, 0.05) is 57.3 Å². The molecule has 188 valence electrons. The van der Waals surface area contributed by atoms with Crippen molar-refractivity contribution >= 4 is 17.4 Å². The predicted molar refractivity (Wildman–Crippen MR) is 143 cm³/mol. The van der Waals surface area contributed by atoms with Crippen LogP contribution in [-0.4, -0.2) is 60.0 Å². The van der Waals surface area contributed by atoms with Crippen LogP contribution in [0.1, 0.15) is 29.5 Å². The van der Waals surface area contributed by atoms with Crippen LogP contribution in [0, 0.1) is 26.7 Å². The number of nitrogens with zero attached hydrogens (tertiary/aromatic N) is 5. The van der Waals surface area contributed by atoms with E-state index in [0.29, 0.717) is 18.2 Å². The second-order valence-corrected chi connectivity index (χ2v) is 9.99. The molecule has 7 nitrogen and oxygen atoms in total. The summed E-state index contributed by atoms with van der Waals surface area (Å²) in [4.78, 5) is 29.2. The highest BCUT2D eigenvalue weighted by molar-refractivity contribution is 5.80. The van der Waals surface area contributed by atoms with Crippen LogP contribution >= 0.6 is 0 Å². The van der Waals surface area contributed by atoms with E-state index in [2.05, 4.69) is 56.7 Å². The summed E-state index contributed by atoms with van der Waals surface area (Å²) in [6, 6.07) is 14.5. The topological polar surface area (TPSA) is 61.8 Å². The smallest absolute Gasteiger partial charge is 0.263 e. The summed E-state index contributed by atoms with van der Waals surface area (Å²) in [5, 5.41) is 0. The maximum absolute atomic E-state index is 13.5. The number of amides is 1. The molecule has 0 spiro atoms. The first-order valence-electron chi connectivity index (χ1n) is 12.9. The lowest BCUT2D eigenvalue weighted by Gasteiger charge is -2.40. The summed E-state index contributed by atoms with van der Waals surface area (Å²) in [7, 11) is 0. The van der Waals surface area contributed by atoms with Gasteiger partial charge >= 0.3 is 0 Å². The minimum atomic E-state index is -0.0414. The van der Waals surface area contributed by atoms with Crippen molar-refractivity contribution in [2.24, 2.45) is 5.92 Å². The van der Waals surface area contributed by atoms with E-state index in [9.17, 15) is 4.79 Å². The van der Waals surface area contributed by atoms with Gasteiger partial charge in [-0.3, -0.25) is 4.79 Å². The normalized spacial score (nSPS) is 18.3. The minimum absolute atomic E-state index is 0.0414. The van der Waals surface area contributed by atoms with Crippen LogP contribution in [0.15, 0.2) is 54.9 Å². The number of aromatic nitrogens is 2. The molecule has 2 aliphatic rings. The Balaban J connectivity index is 1.23. The Hall–Kier alpha value is -3.61. The Morgan fingerprint density at radius 1 is 0.861 bits per heavy atom. The maximum Gasteiger partial charge on any atom is 0.263 e. The number of carbonyl (C=O) groups excluding carboxylic acids is 1. The van der Waals surface area contributed by atoms with Crippen molar-refractivity contribution in [3.63, 3.8) is 0 Å². The highest BCUT2D eigenvalue weighted by atomic mass is 16.5. The van der Waals surface area contributed by atoms with Crippen molar-refractivity contribution in [2.75, 3.05) is 49.1 Å². The van der Waals surface area contributed by atoms with Gasteiger partial charge in [-0.1, -0.05) is 29.8 Å². The number of carbonyl (C=O) groups is 1. The predicted octanol–water partition coefficient (Wildman–Crippen LogP) is 4.76. The third-order valence-electron chi connectivity index (χ3n) is 7.25. The van der Waals surface area contributed by atoms with Gasteiger partial charge in [0.25, 0.3) is 5.88 Å². The molecule has 3 heterocycles. The van der Waals surface area contributed by atoms with E-state index in [1.165, 1.54) is 22.4 Å². The van der Waals surface area contributed by atoms with E-state index < -0.39 is 0 Å². The van der Waals surface area contributed by atoms with Crippen molar-refractivity contribution in [1.29, 1.82) is 0 Å². The second kappa shape index (κ2) is 10.6. The number of benzene rings is 2. The summed E-state index contributed by atoms with van der Waals surface area (Å²) >= 11 is 0. The van der Waals surface area contributed by atoms with E-state index in [4.69, 9.17) is 4.74 Å². The number of anilines is 2. The Morgan fingerprint density at radius 3 is 2.36 bits per heavy atom. The number of hydrogen-bond acceptors (Lipinski definition) is 6. The van der Waals surface area contributed by atoms with Crippen molar-refractivity contribution in [1.82, 2.24) is 14.9 Å². The summed E-state index contributed by atoms with van der Waals surface area (Å²) in [5.41, 5.74) is 5.02. The quantitative estimate of drug-likeness (QED) is 0.519. The number of rotatable bonds is 5. The van der Waals surface area contributed by atoms with Crippen LogP contribution < -0.4 is 14.5 Å². The molecule has 36 heavy (non-hydrogen) atoms. The SMILES string of the molecule is Cc1ccc(Oc2nccnc2N2CCC[C@H](C(=O)N3CCN(c4cc(C)ccc4C)CC3)C2)cc1. The Labute approximate surface area is 213 Å². The fourth-order valence-electron chi connectivity index (χ4n) is 5.18. The first-order chi connectivity index (χ1) is 17.5. The molecule has 0 N–H and O–H groups in total. The minimum Gasteiger partial charge on any atom is -0.436 e. The van der Waals surface area contributed by atoms with Gasteiger partial charge in [0.2, 0.25) is 5.91 Å². The van der Waals surface area contributed by atoms with E-state index in [1.807, 2.05) is 31.2 Å². The summed E-state index contributed by atoms with van der Waals surface area (Å²) < 4.78 is 6.09. The van der Waals surface area contributed by atoms with Crippen molar-refractivity contribution in [2.45, 2.75) is 33.6 Å². The van der Waals surface area contributed by atoms with E-state index in [-0.39, 0.29) is 11.8 Å². The van der Waals surface area contributed by atoms with E-state index in [1.54, 1.807) is 12.4 Å². The fourth-order valence-corrected chi connectivity index (χ4v) is 5.18. The van der Waals surface area contributed by atoms with E-state index in [0.717, 1.165) is 51.3 Å². The molecule has 0 radical (unpaired) electrons. The Morgan fingerprint density at radius 2 is 1.58 bits per heavy atom. The molecule has 1 aromatic heterocycles. The zero-order valence-corrected chi connectivity index (χ0v) is 21.5. The third-order valence-corrected chi connectivity index (χ3v) is 7.25. The zero-order chi connectivity index (χ0) is 25.1. The monoisotopic (exact) mass is 485 g/mol. The molecule has 3 aromatic rings. The van der Waals surface area contributed by atoms with Crippen LogP contribution in [0.2, 0.25) is 0 Å². The molecule has 0 bridgehead atoms. The molecule has 2 fully saturated rings. The maximum atomic E-state index is 13.5. The third kappa shape index (κ3) is 5.30. The standard InChI is InChI=1S/C29H35N5O2/c1-21-7-10-25(11-8-21)36-28-27(30-12-13-31-28)34-14-4-5-24(20-34)29(35)33-17-15-32(16-18-33)26-19-22(2)6-9-23(26)3/h6-13,19,24H,4-5,14-18,20H2,1-3H3/t24-/m0/s1. The van der Waals surface area contributed by atoms with Gasteiger partial charge in [-0.15, -0.1) is 0 Å². The van der Waals surface area contributed by atoms with E-state index >= 15 is 0 Å². The highest BCUT2D eigenvalue weighted by Crippen LogP contribution is 2.32. The van der Waals surface area contributed by atoms with Crippen LogP contribution in [0.5, 0.6) is 11.6 Å². The molecule has 1 atom stereocenters. The highest BCUT2D eigenvalue weighted by Gasteiger charge is 2.33. The molecule has 0 saturated carbocycles. The van der Waals surface area contributed by atoms with Gasteiger partial charge in [0.15, 0.2) is 5.82 Å². The van der Waals surface area contributed by atoms with Crippen molar-refractivity contribution in [3.05, 3.63) is 71.5 Å². The number of hydrogen-bond donors (Lipinski definition) is 0. The first kappa shape index (κ1) is 24.1. The van der Waals surface area contributed by atoms with Gasteiger partial charge in [-0.05, 0) is 62.9 Å². The molecule has 5 rings (SSSR count). The summed E-state index contributed by atoms with van der Waals surface area (Å²) in [6.07, 6.45) is 5.19. The first-order valence-corrected chi connectivity index (χ1v) is 12.9. The molecular formula is C29H35N5O2. The molecule has 2 aromatic carbocycles. The number of aryl methyl sites for hydroxylation is 3. The van der Waals surface area contributed by atoms with Crippen LogP contribution in [-0.2, 0) is 4.79 Å². The van der Waals surface area contributed by atoms with Crippen LogP contribution in [0.25, 0.3) is 0 Å². The second-order valence-electron chi connectivity index (χ2n) is 9.99. The fraction of sp³-hybridized carbons (Fsp3) is 0.414. The van der Waals surface area contributed by atoms with Crippen LogP contribution in [0.4, 0.5) is 11.5 Å². The molecule has 2 aliphatic heterocycles. The lowest BCUT2D eigenvalue weighted by atomic mass is 9.96. The molecule has 0 unspecified atom stereocenters. The van der Waals surface area contributed by atoms with Crippen molar-refractivity contribution < 1.29 is 9.53 Å². The number of ether oxygens (including phenoxy) is 1. The average molecular weight is 486 g/mol. The molecule has 2 saturated heterocycles. The Kier molecular flexibility index (Phi) is 7.07. The lowest BCUT2D eigenvalue weighted by molar-refractivity contribution is -0.136. The zero-order valence-electron chi connectivity index (χ0n) is 21.5. The molecular weight excluding hydrogens is 450 g/mol. The largest absolute Gasteiger partial charge is 0.436 e.